The Morgan fingerprint density at radius 3 is 2.70 bits per heavy atom. The maximum Gasteiger partial charge on any atom is 0.243 e. The Morgan fingerprint density at radius 1 is 1.40 bits per heavy atom. The number of rotatable bonds is 4. The SMILES string of the molecule is Cn1ncc(CNS(=O)(=O)c2cc(F)ccc2F)c1N. The lowest BCUT2D eigenvalue weighted by atomic mass is 10.3. The molecular formula is C11H12F2N4O2S. The second-order valence-electron chi connectivity index (χ2n) is 4.08. The van der Waals surface area contributed by atoms with E-state index in [1.54, 1.807) is 7.05 Å². The van der Waals surface area contributed by atoms with Crippen LogP contribution in [0.25, 0.3) is 0 Å². The molecule has 1 heterocycles. The molecule has 6 nitrogen and oxygen atoms in total. The topological polar surface area (TPSA) is 90.0 Å². The van der Waals surface area contributed by atoms with Gasteiger partial charge in [-0.1, -0.05) is 0 Å². The lowest BCUT2D eigenvalue weighted by Gasteiger charge is -2.07. The second kappa shape index (κ2) is 5.17. The number of anilines is 1. The van der Waals surface area contributed by atoms with E-state index in [0.717, 1.165) is 12.1 Å². The van der Waals surface area contributed by atoms with Crippen LogP contribution in [0.3, 0.4) is 0 Å². The summed E-state index contributed by atoms with van der Waals surface area (Å²) >= 11 is 0. The lowest BCUT2D eigenvalue weighted by Crippen LogP contribution is -2.24. The van der Waals surface area contributed by atoms with E-state index >= 15 is 0 Å². The van der Waals surface area contributed by atoms with E-state index < -0.39 is 26.6 Å². The van der Waals surface area contributed by atoms with Gasteiger partial charge in [-0.3, -0.25) is 4.68 Å². The molecule has 0 aliphatic rings. The highest BCUT2D eigenvalue weighted by atomic mass is 32.2. The van der Waals surface area contributed by atoms with E-state index in [0.29, 0.717) is 11.6 Å². The van der Waals surface area contributed by atoms with Crippen LogP contribution in [-0.2, 0) is 23.6 Å². The van der Waals surface area contributed by atoms with E-state index in [1.807, 2.05) is 0 Å². The van der Waals surface area contributed by atoms with E-state index in [2.05, 4.69) is 9.82 Å². The minimum atomic E-state index is -4.18. The van der Waals surface area contributed by atoms with Gasteiger partial charge in [0.2, 0.25) is 10.0 Å². The largest absolute Gasteiger partial charge is 0.384 e. The summed E-state index contributed by atoms with van der Waals surface area (Å²) in [4.78, 5) is -0.750. The van der Waals surface area contributed by atoms with Crippen LogP contribution in [0.4, 0.5) is 14.6 Å². The highest BCUT2D eigenvalue weighted by Gasteiger charge is 2.20. The molecular weight excluding hydrogens is 290 g/mol. The van der Waals surface area contributed by atoms with Gasteiger partial charge in [0, 0.05) is 19.2 Å². The minimum Gasteiger partial charge on any atom is -0.384 e. The quantitative estimate of drug-likeness (QED) is 0.872. The third-order valence-corrected chi connectivity index (χ3v) is 4.12. The van der Waals surface area contributed by atoms with Crippen molar-refractivity contribution < 1.29 is 17.2 Å². The molecule has 0 saturated heterocycles. The fourth-order valence-corrected chi connectivity index (χ4v) is 2.66. The molecule has 0 amide bonds. The van der Waals surface area contributed by atoms with Crippen molar-refractivity contribution >= 4 is 15.8 Å². The number of sulfonamides is 1. The van der Waals surface area contributed by atoms with Crippen LogP contribution in [0.2, 0.25) is 0 Å². The zero-order valence-electron chi connectivity index (χ0n) is 10.5. The van der Waals surface area contributed by atoms with E-state index in [-0.39, 0.29) is 12.4 Å². The number of nitrogens with zero attached hydrogens (tertiary/aromatic N) is 2. The number of halogens is 2. The molecule has 0 radical (unpaired) electrons. The number of nitrogen functional groups attached to an aromatic ring is 1. The van der Waals surface area contributed by atoms with Crippen molar-refractivity contribution in [1.82, 2.24) is 14.5 Å². The normalized spacial score (nSPS) is 11.8. The third-order valence-electron chi connectivity index (χ3n) is 2.70. The average Bonchev–Trinajstić information content (AvgIpc) is 2.70. The van der Waals surface area contributed by atoms with Gasteiger partial charge >= 0.3 is 0 Å². The van der Waals surface area contributed by atoms with Gasteiger partial charge in [-0.15, -0.1) is 0 Å². The molecule has 0 atom stereocenters. The number of nitrogens with one attached hydrogen (secondary N) is 1. The number of aryl methyl sites for hydroxylation is 1. The van der Waals surface area contributed by atoms with Gasteiger partial charge in [0.25, 0.3) is 0 Å². The Labute approximate surface area is 114 Å². The smallest absolute Gasteiger partial charge is 0.243 e. The maximum atomic E-state index is 13.4. The van der Waals surface area contributed by atoms with Crippen molar-refractivity contribution in [2.75, 3.05) is 5.73 Å². The van der Waals surface area contributed by atoms with Crippen molar-refractivity contribution in [1.29, 1.82) is 0 Å². The first-order chi connectivity index (χ1) is 9.31. The van der Waals surface area contributed by atoms with Crippen LogP contribution in [-0.4, -0.2) is 18.2 Å². The number of hydrogen-bond acceptors (Lipinski definition) is 4. The fraction of sp³-hybridized carbons (Fsp3) is 0.182. The zero-order chi connectivity index (χ0) is 14.9. The van der Waals surface area contributed by atoms with Crippen molar-refractivity contribution in [2.24, 2.45) is 7.05 Å². The molecule has 108 valence electrons. The molecule has 1 aromatic carbocycles. The Kier molecular flexibility index (Phi) is 3.73. The van der Waals surface area contributed by atoms with Gasteiger partial charge in [-0.25, -0.2) is 21.9 Å². The van der Waals surface area contributed by atoms with Gasteiger partial charge in [-0.2, -0.15) is 5.10 Å². The van der Waals surface area contributed by atoms with Gasteiger partial charge < -0.3 is 5.73 Å². The number of nitrogens with two attached hydrogens (primary N) is 1. The average molecular weight is 302 g/mol. The number of aromatic nitrogens is 2. The van der Waals surface area contributed by atoms with Gasteiger partial charge in [0.1, 0.15) is 22.3 Å². The molecule has 1 aromatic heterocycles. The summed E-state index contributed by atoms with van der Waals surface area (Å²) in [5, 5.41) is 3.84. The Morgan fingerprint density at radius 2 is 2.10 bits per heavy atom. The van der Waals surface area contributed by atoms with Crippen molar-refractivity contribution in [3.63, 3.8) is 0 Å². The molecule has 0 aliphatic carbocycles. The standard InChI is InChI=1S/C11H12F2N4O2S/c1-17-11(14)7(5-15-17)6-16-20(18,19)10-4-8(12)2-3-9(10)13/h2-5,16H,6,14H2,1H3. The highest BCUT2D eigenvalue weighted by molar-refractivity contribution is 7.89. The molecule has 0 bridgehead atoms. The maximum absolute atomic E-state index is 13.4. The molecule has 20 heavy (non-hydrogen) atoms. The predicted octanol–water partition coefficient (Wildman–Crippen LogP) is 0.759. The molecule has 0 fully saturated rings. The summed E-state index contributed by atoms with van der Waals surface area (Å²) in [7, 11) is -2.58. The van der Waals surface area contributed by atoms with Crippen molar-refractivity contribution in [2.45, 2.75) is 11.4 Å². The van der Waals surface area contributed by atoms with Crippen LogP contribution < -0.4 is 10.5 Å². The summed E-state index contributed by atoms with van der Waals surface area (Å²) in [5.41, 5.74) is 6.09. The molecule has 9 heteroatoms. The second-order valence-corrected chi connectivity index (χ2v) is 5.81. The van der Waals surface area contributed by atoms with E-state index in [4.69, 9.17) is 5.73 Å². The van der Waals surface area contributed by atoms with Crippen molar-refractivity contribution in [3.8, 4) is 0 Å². The van der Waals surface area contributed by atoms with Crippen LogP contribution in [0.1, 0.15) is 5.56 Å². The summed E-state index contributed by atoms with van der Waals surface area (Å²) in [6, 6.07) is 2.21. The monoisotopic (exact) mass is 302 g/mol. The fourth-order valence-electron chi connectivity index (χ4n) is 1.56. The van der Waals surface area contributed by atoms with Gasteiger partial charge in [-0.05, 0) is 18.2 Å². The summed E-state index contributed by atoms with van der Waals surface area (Å²) in [6.45, 7) is -0.169. The van der Waals surface area contributed by atoms with Crippen LogP contribution >= 0.6 is 0 Å². The lowest BCUT2D eigenvalue weighted by molar-refractivity contribution is 0.545. The summed E-state index contributed by atoms with van der Waals surface area (Å²) < 4.78 is 53.8. The summed E-state index contributed by atoms with van der Waals surface area (Å²) in [5.74, 6) is -1.59. The molecule has 3 N–H and O–H groups in total. The molecule has 0 spiro atoms. The molecule has 2 aromatic rings. The molecule has 0 unspecified atom stereocenters. The van der Waals surface area contributed by atoms with Gasteiger partial charge in [0.05, 0.1) is 6.20 Å². The van der Waals surface area contributed by atoms with E-state index in [9.17, 15) is 17.2 Å². The predicted molar refractivity (Wildman–Crippen MR) is 68.0 cm³/mol. The third kappa shape index (κ3) is 2.78. The first-order valence-corrected chi connectivity index (χ1v) is 7.00. The Bertz CT molecular complexity index is 743. The van der Waals surface area contributed by atoms with Gasteiger partial charge in [0.15, 0.2) is 0 Å². The molecule has 0 saturated carbocycles. The first kappa shape index (κ1) is 14.4. The molecule has 0 aliphatic heterocycles. The number of hydrogen-bond donors (Lipinski definition) is 2. The Balaban J connectivity index is 2.24. The minimum absolute atomic E-state index is 0.169. The molecule has 2 rings (SSSR count). The highest BCUT2D eigenvalue weighted by Crippen LogP contribution is 2.17. The first-order valence-electron chi connectivity index (χ1n) is 5.52. The van der Waals surface area contributed by atoms with Crippen LogP contribution in [0, 0.1) is 11.6 Å². The van der Waals surface area contributed by atoms with Crippen LogP contribution in [0.15, 0.2) is 29.3 Å². The van der Waals surface area contributed by atoms with Crippen LogP contribution in [0.5, 0.6) is 0 Å². The zero-order valence-corrected chi connectivity index (χ0v) is 11.3. The van der Waals surface area contributed by atoms with E-state index in [1.165, 1.54) is 10.9 Å². The number of benzene rings is 1. The Hall–Kier alpha value is -2.00. The van der Waals surface area contributed by atoms with Crippen molar-refractivity contribution in [3.05, 3.63) is 41.6 Å². The summed E-state index contributed by atoms with van der Waals surface area (Å²) in [6.07, 6.45) is 1.39.